The van der Waals surface area contributed by atoms with Crippen LogP contribution in [0, 0.1) is 0 Å². The molecule has 0 heterocycles. The summed E-state index contributed by atoms with van der Waals surface area (Å²) in [6.45, 7) is 6.69. The molecule has 0 unspecified atom stereocenters. The van der Waals surface area contributed by atoms with Crippen molar-refractivity contribution >= 4 is 20.7 Å². The van der Waals surface area contributed by atoms with Crippen molar-refractivity contribution in [3.63, 3.8) is 0 Å². The Morgan fingerprint density at radius 1 is 1.00 bits per heavy atom. The van der Waals surface area contributed by atoms with Crippen molar-refractivity contribution in [2.45, 2.75) is 20.8 Å². The fraction of sp³-hybridized carbons (Fsp3) is 0.462. The predicted octanol–water partition coefficient (Wildman–Crippen LogP) is 2.35. The molecule has 1 aromatic rings. The summed E-state index contributed by atoms with van der Waals surface area (Å²) < 4.78 is 16.6. The average Bonchev–Trinajstić information content (AvgIpc) is 2.40. The zero-order valence-corrected chi connectivity index (χ0v) is 13.1. The van der Waals surface area contributed by atoms with Crippen LogP contribution in [0.4, 0.5) is 10.5 Å². The van der Waals surface area contributed by atoms with Crippen LogP contribution in [-0.2, 0) is 13.3 Å². The van der Waals surface area contributed by atoms with E-state index in [4.69, 9.17) is 13.3 Å². The number of amides is 2. The first kappa shape index (κ1) is 16.6. The van der Waals surface area contributed by atoms with Crippen LogP contribution in [-0.4, -0.2) is 34.8 Å². The number of nitrogens with one attached hydrogen (secondary N) is 2. The van der Waals surface area contributed by atoms with Gasteiger partial charge >= 0.3 is 15.0 Å². The zero-order valence-electron chi connectivity index (χ0n) is 12.1. The molecule has 112 valence electrons. The van der Waals surface area contributed by atoms with E-state index >= 15 is 0 Å². The number of urea groups is 1. The quantitative estimate of drug-likeness (QED) is 0.723. The van der Waals surface area contributed by atoms with Crippen molar-refractivity contribution in [3.05, 3.63) is 30.3 Å². The molecule has 0 fully saturated rings. The van der Waals surface area contributed by atoms with Crippen LogP contribution >= 0.6 is 0 Å². The highest BCUT2D eigenvalue weighted by molar-refractivity contribution is 6.61. The van der Waals surface area contributed by atoms with E-state index in [1.807, 2.05) is 39.0 Å². The smallest absolute Gasteiger partial charge is 0.357 e. The van der Waals surface area contributed by atoms with Crippen LogP contribution in [0.5, 0.6) is 0 Å². The Kier molecular flexibility index (Phi) is 7.24. The van der Waals surface area contributed by atoms with Gasteiger partial charge in [-0.3, -0.25) is 4.98 Å². The van der Waals surface area contributed by atoms with Crippen molar-refractivity contribution in [1.29, 1.82) is 0 Å². The maximum atomic E-state index is 12.0. The fourth-order valence-corrected chi connectivity index (χ4v) is 3.57. The Balaban J connectivity index is 2.69. The van der Waals surface area contributed by atoms with E-state index in [1.165, 1.54) is 0 Å². The molecule has 1 aromatic carbocycles. The molecule has 0 aromatic heterocycles. The highest BCUT2D eigenvalue weighted by atomic mass is 28.4. The molecule has 6 nitrogen and oxygen atoms in total. The van der Waals surface area contributed by atoms with Crippen LogP contribution in [0.25, 0.3) is 0 Å². The van der Waals surface area contributed by atoms with Gasteiger partial charge in [0.2, 0.25) is 0 Å². The monoisotopic (exact) mass is 298 g/mol. The maximum absolute atomic E-state index is 12.0. The molecule has 1 rings (SSSR count). The molecule has 0 saturated carbocycles. The molecule has 0 radical (unpaired) electrons. The number of anilines is 1. The molecule has 20 heavy (non-hydrogen) atoms. The van der Waals surface area contributed by atoms with Gasteiger partial charge in [0.25, 0.3) is 0 Å². The van der Waals surface area contributed by atoms with Gasteiger partial charge in [-0.15, -0.1) is 0 Å². The summed E-state index contributed by atoms with van der Waals surface area (Å²) in [7, 11) is -3.17. The summed E-state index contributed by atoms with van der Waals surface area (Å²) in [5.41, 5.74) is 0.692. The van der Waals surface area contributed by atoms with E-state index in [0.29, 0.717) is 25.5 Å². The van der Waals surface area contributed by atoms with Crippen molar-refractivity contribution < 1.29 is 18.1 Å². The van der Waals surface area contributed by atoms with Gasteiger partial charge in [-0.2, -0.15) is 0 Å². The highest BCUT2D eigenvalue weighted by Gasteiger charge is 2.44. The second-order valence-electron chi connectivity index (χ2n) is 3.80. The first-order chi connectivity index (χ1) is 9.65. The minimum Gasteiger partial charge on any atom is -0.357 e. The highest BCUT2D eigenvalue weighted by Crippen LogP contribution is 2.09. The Bertz CT molecular complexity index is 386. The van der Waals surface area contributed by atoms with Gasteiger partial charge < -0.3 is 18.6 Å². The Morgan fingerprint density at radius 3 is 1.95 bits per heavy atom. The number of hydrogen-bond acceptors (Lipinski definition) is 4. The molecule has 2 amide bonds. The Hall–Kier alpha value is -1.41. The van der Waals surface area contributed by atoms with Gasteiger partial charge in [-0.25, -0.2) is 4.79 Å². The lowest BCUT2D eigenvalue weighted by atomic mass is 10.3. The Morgan fingerprint density at radius 2 is 1.50 bits per heavy atom. The molecule has 0 atom stereocenters. The summed E-state index contributed by atoms with van der Waals surface area (Å²) in [6.07, 6.45) is 0. The van der Waals surface area contributed by atoms with Crippen molar-refractivity contribution in [1.82, 2.24) is 4.98 Å². The molecule has 7 heteroatoms. The van der Waals surface area contributed by atoms with Gasteiger partial charge in [0.05, 0.1) is 0 Å². The molecule has 2 N–H and O–H groups in total. The summed E-state index contributed by atoms with van der Waals surface area (Å²) >= 11 is 0. The number of benzene rings is 1. The fourth-order valence-electron chi connectivity index (χ4n) is 1.63. The molecule has 0 bridgehead atoms. The van der Waals surface area contributed by atoms with Gasteiger partial charge in [0.1, 0.15) is 0 Å². The van der Waals surface area contributed by atoms with Crippen LogP contribution in [0.3, 0.4) is 0 Å². The van der Waals surface area contributed by atoms with Crippen LogP contribution in [0.15, 0.2) is 30.3 Å². The number of para-hydroxylation sites is 1. The number of carbonyl (C=O) groups is 1. The summed E-state index contributed by atoms with van der Waals surface area (Å²) in [4.78, 5) is 14.7. The van der Waals surface area contributed by atoms with Crippen LogP contribution < -0.4 is 10.3 Å². The van der Waals surface area contributed by atoms with Crippen molar-refractivity contribution in [2.75, 3.05) is 25.1 Å². The van der Waals surface area contributed by atoms with E-state index in [0.717, 1.165) is 0 Å². The second kappa shape index (κ2) is 8.70. The molecular formula is C13H22N2O4Si. The van der Waals surface area contributed by atoms with E-state index in [-0.39, 0.29) is 0 Å². The van der Waals surface area contributed by atoms with Gasteiger partial charge in [0.15, 0.2) is 0 Å². The largest absolute Gasteiger partial charge is 0.634 e. The number of carbonyl (C=O) groups excluding carboxylic acids is 1. The average molecular weight is 298 g/mol. The standard InChI is InChI=1S/C13H22N2O4Si/c1-4-17-20(18-5-2,19-6-3)15-13(16)14-12-10-8-7-9-11-12/h7-11H,4-6H2,1-3H3,(H2,14,15,16). The van der Waals surface area contributed by atoms with Crippen molar-refractivity contribution in [3.8, 4) is 0 Å². The third-order valence-electron chi connectivity index (χ3n) is 2.30. The third-order valence-corrected chi connectivity index (χ3v) is 4.84. The van der Waals surface area contributed by atoms with Gasteiger partial charge in [0, 0.05) is 25.5 Å². The lowest BCUT2D eigenvalue weighted by Crippen LogP contribution is -2.62. The minimum atomic E-state index is -3.17. The summed E-state index contributed by atoms with van der Waals surface area (Å²) in [6, 6.07) is 8.75. The minimum absolute atomic E-state index is 0.401. The molecule has 0 aliphatic rings. The van der Waals surface area contributed by atoms with E-state index < -0.39 is 15.0 Å². The number of hydrogen-bond donors (Lipinski definition) is 2. The SMILES string of the molecule is CCO[Si](NC(=O)Nc1ccccc1)(OCC)OCC. The molecule has 0 spiro atoms. The summed E-state index contributed by atoms with van der Waals surface area (Å²) in [5.74, 6) is 0. The molecular weight excluding hydrogens is 276 g/mol. The molecule has 0 aliphatic carbocycles. The first-order valence-electron chi connectivity index (χ1n) is 6.71. The second-order valence-corrected chi connectivity index (χ2v) is 6.03. The van der Waals surface area contributed by atoms with Gasteiger partial charge in [-0.05, 0) is 32.9 Å². The molecule has 0 aliphatic heterocycles. The summed E-state index contributed by atoms with van der Waals surface area (Å²) in [5, 5.41) is 2.72. The van der Waals surface area contributed by atoms with Gasteiger partial charge in [-0.1, -0.05) is 18.2 Å². The zero-order chi connectivity index (χ0) is 14.8. The van der Waals surface area contributed by atoms with E-state index in [2.05, 4.69) is 10.3 Å². The topological polar surface area (TPSA) is 68.8 Å². The first-order valence-corrected chi connectivity index (χ1v) is 8.44. The van der Waals surface area contributed by atoms with Crippen LogP contribution in [0.1, 0.15) is 20.8 Å². The third kappa shape index (κ3) is 5.30. The number of rotatable bonds is 8. The lowest BCUT2D eigenvalue weighted by Gasteiger charge is -2.27. The molecule has 0 saturated heterocycles. The predicted molar refractivity (Wildman–Crippen MR) is 79.2 cm³/mol. The lowest BCUT2D eigenvalue weighted by molar-refractivity contribution is 0.0637. The van der Waals surface area contributed by atoms with Crippen molar-refractivity contribution in [2.24, 2.45) is 0 Å². The normalized spacial score (nSPS) is 11.2. The van der Waals surface area contributed by atoms with E-state index in [1.54, 1.807) is 12.1 Å². The van der Waals surface area contributed by atoms with E-state index in [9.17, 15) is 4.79 Å². The Labute approximate surface area is 120 Å². The maximum Gasteiger partial charge on any atom is 0.634 e. The van der Waals surface area contributed by atoms with Crippen LogP contribution in [0.2, 0.25) is 0 Å².